The van der Waals surface area contributed by atoms with Crippen molar-refractivity contribution in [3.8, 4) is 56.9 Å². The van der Waals surface area contributed by atoms with E-state index in [0.717, 1.165) is 133 Å². The van der Waals surface area contributed by atoms with E-state index in [4.69, 9.17) is 19.8 Å². The van der Waals surface area contributed by atoms with Crippen LogP contribution >= 0.6 is 0 Å². The summed E-state index contributed by atoms with van der Waals surface area (Å²) < 4.78 is 9.54. The van der Waals surface area contributed by atoms with Crippen LogP contribution in [0.25, 0.3) is 139 Å². The van der Waals surface area contributed by atoms with Crippen molar-refractivity contribution in [2.45, 2.75) is 55.4 Å². The summed E-state index contributed by atoms with van der Waals surface area (Å²) in [5, 5.41) is 6.59. The fourth-order valence-corrected chi connectivity index (χ4v) is 12.6. The maximum absolute atomic E-state index is 10.2. The van der Waals surface area contributed by atoms with Crippen LogP contribution in [-0.4, -0.2) is 33.2 Å². The molecule has 0 amide bonds. The molecule has 0 bridgehead atoms. The van der Waals surface area contributed by atoms with Gasteiger partial charge in [0.1, 0.15) is 0 Å². The third-order valence-electron chi connectivity index (χ3n) is 16.1. The van der Waals surface area contributed by atoms with Gasteiger partial charge in [-0.2, -0.15) is 0 Å². The predicted molar refractivity (Wildman–Crippen MR) is 343 cm³/mol. The van der Waals surface area contributed by atoms with Gasteiger partial charge in [0, 0.05) is 54.8 Å². The van der Waals surface area contributed by atoms with Gasteiger partial charge in [-0.3, -0.25) is 0 Å². The van der Waals surface area contributed by atoms with Gasteiger partial charge in [0.2, 0.25) is 5.69 Å². The molecule has 9 aromatic carbocycles. The minimum atomic E-state index is 0.416. The van der Waals surface area contributed by atoms with Crippen molar-refractivity contribution < 1.29 is 0 Å². The molecule has 0 atom stereocenters. The highest BCUT2D eigenvalue weighted by Crippen LogP contribution is 2.54. The summed E-state index contributed by atoms with van der Waals surface area (Å²) in [5.41, 5.74) is 20.3. The molecule has 0 radical (unpaired) electrons. The second-order valence-corrected chi connectivity index (χ2v) is 21.9. The van der Waals surface area contributed by atoms with Crippen molar-refractivity contribution >= 4 is 83.3 Å². The molecule has 5 heterocycles. The van der Waals surface area contributed by atoms with Gasteiger partial charge >= 0.3 is 0 Å². The highest BCUT2D eigenvalue weighted by atomic mass is 15.2. The first-order valence-corrected chi connectivity index (χ1v) is 28.0. The summed E-state index contributed by atoms with van der Waals surface area (Å²) in [6.45, 7) is 27.2. The number of aromatic nitrogens is 7. The summed E-state index contributed by atoms with van der Waals surface area (Å²) >= 11 is 0. The van der Waals surface area contributed by atoms with Crippen molar-refractivity contribution in [3.05, 3.63) is 250 Å². The first kappa shape index (κ1) is 49.9. The predicted octanol–water partition coefficient (Wildman–Crippen LogP) is 19.4. The van der Waals surface area contributed by atoms with Gasteiger partial charge in [-0.1, -0.05) is 143 Å². The van der Waals surface area contributed by atoms with Crippen LogP contribution in [0.5, 0.6) is 0 Å². The second kappa shape index (κ2) is 19.5. The monoisotopic (exact) mass is 1060 g/mol. The first-order chi connectivity index (χ1) is 40.0. The van der Waals surface area contributed by atoms with Crippen LogP contribution in [0.4, 0.5) is 5.69 Å². The molecule has 82 heavy (non-hydrogen) atoms. The topological polar surface area (TPSA) is 62.8 Å². The number of aryl methyl sites for hydroxylation is 6. The van der Waals surface area contributed by atoms with Crippen LogP contribution in [0.1, 0.15) is 58.6 Å². The van der Waals surface area contributed by atoms with Crippen molar-refractivity contribution in [1.82, 2.24) is 33.2 Å². The Morgan fingerprint density at radius 2 is 0.659 bits per heavy atom. The molecule has 14 aromatic rings. The Morgan fingerprint density at radius 1 is 0.341 bits per heavy atom. The average molecular weight is 1060 g/mol. The Labute approximate surface area is 476 Å². The molecule has 14 rings (SSSR count). The zero-order chi connectivity index (χ0) is 56.1. The quantitative estimate of drug-likeness (QED) is 0.135. The molecule has 5 aromatic heterocycles. The number of nitrogens with zero attached hydrogens (tertiary/aromatic N) is 8. The zero-order valence-corrected chi connectivity index (χ0v) is 47.2. The maximum atomic E-state index is 10.2. The molecule has 394 valence electrons. The van der Waals surface area contributed by atoms with E-state index >= 15 is 0 Å². The lowest BCUT2D eigenvalue weighted by Crippen LogP contribution is -2.16. The van der Waals surface area contributed by atoms with Gasteiger partial charge in [-0.05, 0) is 152 Å². The van der Waals surface area contributed by atoms with Gasteiger partial charge in [0.05, 0.1) is 68.0 Å². The Balaban J connectivity index is 1.37. The number of benzene rings is 9. The second-order valence-electron chi connectivity index (χ2n) is 21.9. The minimum absolute atomic E-state index is 0.416. The molecule has 0 fully saturated rings. The molecule has 0 spiro atoms. The maximum Gasteiger partial charge on any atom is 0.236 e. The molecule has 0 aliphatic rings. The molecule has 0 saturated heterocycles. The lowest BCUT2D eigenvalue weighted by atomic mass is 9.99. The highest BCUT2D eigenvalue weighted by Gasteiger charge is 2.36. The van der Waals surface area contributed by atoms with E-state index in [2.05, 4.69) is 244 Å². The van der Waals surface area contributed by atoms with Gasteiger partial charge in [-0.25, -0.2) is 19.8 Å². The van der Waals surface area contributed by atoms with E-state index in [1.54, 1.807) is 0 Å². The standard InChI is InChI=1S/C74H58N8/c1-10-18-52-30-31-53(19-11-2)79(52)71-69(81-62-34-26-46(5)40-56(62)57-41-47(6)27-35-63(57)81)66(74-77-72(50-20-14-12-15-21-50)76-73(78-74)51-22-16-13-17-23-51)68(80-60-32-24-44(3)38-54(60)55-39-45(4)25-33-61(55)80)67(75-9)70(71)82-64-36-28-48(7)42-58(64)59-43-49(8)29-37-65(59)82/h10-43H,1-8H3/b18-10-,19-11-. The summed E-state index contributed by atoms with van der Waals surface area (Å²) in [5.74, 6) is 1.44. The smallest absolute Gasteiger partial charge is 0.236 e. The molecule has 0 aliphatic heterocycles. The molecule has 0 unspecified atom stereocenters. The number of hydrogen-bond acceptors (Lipinski definition) is 3. The van der Waals surface area contributed by atoms with E-state index in [1.807, 2.05) is 36.4 Å². The van der Waals surface area contributed by atoms with Crippen LogP contribution in [0, 0.1) is 48.1 Å². The lowest BCUT2D eigenvalue weighted by molar-refractivity contribution is 0.976. The van der Waals surface area contributed by atoms with Gasteiger partial charge in [-0.15, -0.1) is 0 Å². The lowest BCUT2D eigenvalue weighted by Gasteiger charge is -2.29. The van der Waals surface area contributed by atoms with E-state index in [9.17, 15) is 6.57 Å². The Bertz CT molecular complexity index is 4800. The Kier molecular flexibility index (Phi) is 11.8. The van der Waals surface area contributed by atoms with Crippen LogP contribution in [-0.2, 0) is 0 Å². The molecule has 8 nitrogen and oxygen atoms in total. The van der Waals surface area contributed by atoms with Crippen molar-refractivity contribution in [2.75, 3.05) is 0 Å². The van der Waals surface area contributed by atoms with E-state index < -0.39 is 0 Å². The fourth-order valence-electron chi connectivity index (χ4n) is 12.6. The zero-order valence-electron chi connectivity index (χ0n) is 47.2. The largest absolute Gasteiger partial charge is 0.318 e. The molecule has 0 aliphatic carbocycles. The molecule has 8 heteroatoms. The van der Waals surface area contributed by atoms with Gasteiger partial charge in [0.25, 0.3) is 0 Å². The van der Waals surface area contributed by atoms with Crippen LogP contribution in [0.15, 0.2) is 194 Å². The summed E-state index contributed by atoms with van der Waals surface area (Å²) in [4.78, 5) is 21.8. The van der Waals surface area contributed by atoms with E-state index in [0.29, 0.717) is 40.1 Å². The van der Waals surface area contributed by atoms with E-state index in [-0.39, 0.29) is 0 Å². The molecular weight excluding hydrogens is 1000 g/mol. The minimum Gasteiger partial charge on any atom is -0.318 e. The normalized spacial score (nSPS) is 12.0. The third kappa shape index (κ3) is 7.83. The average Bonchev–Trinajstić information content (AvgIpc) is 1.62. The highest BCUT2D eigenvalue weighted by molar-refractivity contribution is 6.17. The van der Waals surface area contributed by atoms with Crippen molar-refractivity contribution in [3.63, 3.8) is 0 Å². The number of allylic oxidation sites excluding steroid dienone is 2. The molecule has 0 N–H and O–H groups in total. The number of rotatable bonds is 9. The first-order valence-electron chi connectivity index (χ1n) is 28.0. The Morgan fingerprint density at radius 3 is 0.988 bits per heavy atom. The molecule has 0 saturated carbocycles. The SMILES string of the molecule is [C-]#[N+]c1c(-n2c3ccc(C)cc3c3cc(C)ccc32)c(-c2nc(-c3ccccc3)nc(-c3ccccc3)n2)c(-n2c3ccc(C)cc3c3cc(C)ccc32)c(-n2c(/C=C\C)ccc2/C=C\C)c1-n1c2ccc(C)cc2c2cc(C)ccc21. The van der Waals surface area contributed by atoms with Crippen molar-refractivity contribution in [2.24, 2.45) is 0 Å². The molecular formula is C74H58N8. The Hall–Kier alpha value is -10.4. The summed E-state index contributed by atoms with van der Waals surface area (Å²) in [7, 11) is 0. The van der Waals surface area contributed by atoms with Crippen LogP contribution in [0.3, 0.4) is 0 Å². The fraction of sp³-hybridized carbons (Fsp3) is 0.108. The van der Waals surface area contributed by atoms with Crippen molar-refractivity contribution in [1.29, 1.82) is 0 Å². The van der Waals surface area contributed by atoms with Gasteiger partial charge in [0.15, 0.2) is 17.5 Å². The summed E-state index contributed by atoms with van der Waals surface area (Å²) in [6, 6.07) is 65.2. The van der Waals surface area contributed by atoms with Crippen LogP contribution in [0.2, 0.25) is 0 Å². The van der Waals surface area contributed by atoms with E-state index in [1.165, 1.54) is 0 Å². The van der Waals surface area contributed by atoms with Gasteiger partial charge < -0.3 is 18.3 Å². The number of fused-ring (bicyclic) bond motifs is 9. The number of hydrogen-bond donors (Lipinski definition) is 0. The summed E-state index contributed by atoms with van der Waals surface area (Å²) in [6.07, 6.45) is 8.54. The van der Waals surface area contributed by atoms with Crippen LogP contribution < -0.4 is 0 Å². The third-order valence-corrected chi connectivity index (χ3v) is 16.1.